The summed E-state index contributed by atoms with van der Waals surface area (Å²) in [6.45, 7) is 9.53. The van der Waals surface area contributed by atoms with Gasteiger partial charge in [-0.15, -0.1) is 0 Å². The van der Waals surface area contributed by atoms with E-state index in [1.54, 1.807) is 11.8 Å². The summed E-state index contributed by atoms with van der Waals surface area (Å²) in [4.78, 5) is 33.7. The number of hydrogen-bond acceptors (Lipinski definition) is 4. The number of nitrogens with one attached hydrogen (secondary N) is 1. The molecule has 1 atom stereocenters. The Balaban J connectivity index is 1.38. The Hall–Kier alpha value is -2.31. The molecule has 2 aromatic rings. The Morgan fingerprint density at radius 2 is 1.66 bits per heavy atom. The van der Waals surface area contributed by atoms with E-state index in [0.717, 1.165) is 32.5 Å². The van der Waals surface area contributed by atoms with Crippen LogP contribution in [0.15, 0.2) is 64.4 Å². The van der Waals surface area contributed by atoms with Gasteiger partial charge >= 0.3 is 0 Å². The Kier molecular flexibility index (Phi) is 8.55. The van der Waals surface area contributed by atoms with Crippen molar-refractivity contribution in [3.8, 4) is 0 Å². The molecular formula is C29H39N3O2S. The third-order valence-corrected chi connectivity index (χ3v) is 8.26. The molecule has 1 unspecified atom stereocenters. The largest absolute Gasteiger partial charge is 0.342 e. The van der Waals surface area contributed by atoms with Crippen LogP contribution in [-0.4, -0.2) is 52.8 Å². The third kappa shape index (κ3) is 6.10. The summed E-state index contributed by atoms with van der Waals surface area (Å²) in [7, 11) is 0. The number of carbonyl (C=O) groups excluding carboxylic acids is 2. The molecule has 0 radical (unpaired) electrons. The van der Waals surface area contributed by atoms with Crippen LogP contribution < -0.4 is 5.32 Å². The summed E-state index contributed by atoms with van der Waals surface area (Å²) in [5, 5.41) is 3.10. The average Bonchev–Trinajstić information content (AvgIpc) is 2.85. The highest BCUT2D eigenvalue weighted by Crippen LogP contribution is 2.35. The van der Waals surface area contributed by atoms with Crippen molar-refractivity contribution < 1.29 is 9.59 Å². The number of piperazine rings is 1. The smallest absolute Gasteiger partial charge is 0.246 e. The van der Waals surface area contributed by atoms with Crippen LogP contribution >= 0.6 is 11.8 Å². The summed E-state index contributed by atoms with van der Waals surface area (Å²) >= 11 is 1.77. The summed E-state index contributed by atoms with van der Waals surface area (Å²) in [5.41, 5.74) is 0.592. The Morgan fingerprint density at radius 3 is 2.29 bits per heavy atom. The number of benzene rings is 2. The third-order valence-electron chi connectivity index (χ3n) is 7.24. The number of rotatable bonds is 9. The summed E-state index contributed by atoms with van der Waals surface area (Å²) in [5.74, 6) is 0.540. The van der Waals surface area contributed by atoms with E-state index in [0.29, 0.717) is 31.7 Å². The molecule has 0 bridgehead atoms. The zero-order valence-electron chi connectivity index (χ0n) is 21.3. The van der Waals surface area contributed by atoms with Crippen molar-refractivity contribution in [1.29, 1.82) is 0 Å². The van der Waals surface area contributed by atoms with Gasteiger partial charge in [0.2, 0.25) is 11.8 Å². The molecule has 188 valence electrons. The van der Waals surface area contributed by atoms with Gasteiger partial charge in [-0.3, -0.25) is 14.5 Å². The molecule has 1 spiro atoms. The highest BCUT2D eigenvalue weighted by molar-refractivity contribution is 7.99. The average molecular weight is 494 g/mol. The van der Waals surface area contributed by atoms with Gasteiger partial charge in [0, 0.05) is 36.0 Å². The van der Waals surface area contributed by atoms with Gasteiger partial charge in [0.05, 0.1) is 0 Å². The van der Waals surface area contributed by atoms with Crippen LogP contribution in [0.5, 0.6) is 0 Å². The zero-order valence-corrected chi connectivity index (χ0v) is 22.2. The second-order valence-corrected chi connectivity index (χ2v) is 11.5. The predicted octanol–water partition coefficient (Wildman–Crippen LogP) is 5.35. The molecule has 4 rings (SSSR count). The highest BCUT2D eigenvalue weighted by atomic mass is 32.2. The van der Waals surface area contributed by atoms with Crippen LogP contribution in [-0.2, 0) is 16.1 Å². The van der Waals surface area contributed by atoms with Crippen molar-refractivity contribution in [3.63, 3.8) is 0 Å². The molecular weight excluding hydrogens is 454 g/mol. The van der Waals surface area contributed by atoms with Crippen LogP contribution in [0.25, 0.3) is 0 Å². The fourth-order valence-corrected chi connectivity index (χ4v) is 6.11. The van der Waals surface area contributed by atoms with Crippen LogP contribution in [0, 0.1) is 5.92 Å². The number of carbonyl (C=O) groups is 2. The maximum atomic E-state index is 13.4. The van der Waals surface area contributed by atoms with Crippen LogP contribution in [0.4, 0.5) is 0 Å². The van der Waals surface area contributed by atoms with E-state index in [4.69, 9.17) is 0 Å². The maximum absolute atomic E-state index is 13.4. The van der Waals surface area contributed by atoms with Gasteiger partial charge in [0.1, 0.15) is 11.6 Å². The van der Waals surface area contributed by atoms with Gasteiger partial charge in [0.25, 0.3) is 0 Å². The number of nitrogens with zero attached hydrogens (tertiary/aromatic N) is 2. The molecule has 2 aliphatic rings. The normalized spacial score (nSPS) is 20.5. The molecule has 2 saturated heterocycles. The van der Waals surface area contributed by atoms with Crippen molar-refractivity contribution in [2.24, 2.45) is 5.92 Å². The molecule has 2 heterocycles. The number of unbranched alkanes of at least 4 members (excludes halogenated alkanes) is 1. The predicted molar refractivity (Wildman–Crippen MR) is 142 cm³/mol. The Labute approximate surface area is 214 Å². The molecule has 6 heteroatoms. The standard InChI is InChI=1S/C29H39N3O2S/c1-4-5-17-32-27(33)26(20-22(2)3)30-28(34)29(32)15-18-31(19-16-29)21-23-11-13-25(14-12-23)35-24-9-7-6-8-10-24/h6-14,22,26H,4-5,15-21H2,1-3H3,(H,30,34). The first kappa shape index (κ1) is 25.8. The molecule has 0 aliphatic carbocycles. The number of piperidine rings is 1. The minimum atomic E-state index is -0.688. The quantitative estimate of drug-likeness (QED) is 0.512. The Morgan fingerprint density at radius 1 is 1.00 bits per heavy atom. The molecule has 5 nitrogen and oxygen atoms in total. The molecule has 0 aromatic heterocycles. The molecule has 0 saturated carbocycles. The van der Waals surface area contributed by atoms with Gasteiger partial charge < -0.3 is 10.2 Å². The number of likely N-dealkylation sites (tertiary alicyclic amines) is 1. The molecule has 2 aromatic carbocycles. The first-order chi connectivity index (χ1) is 16.9. The van der Waals surface area contributed by atoms with Gasteiger partial charge in [-0.05, 0) is 61.4 Å². The minimum absolute atomic E-state index is 0.0563. The van der Waals surface area contributed by atoms with E-state index in [1.807, 2.05) is 11.0 Å². The fraction of sp³-hybridized carbons (Fsp3) is 0.517. The van der Waals surface area contributed by atoms with E-state index in [2.05, 4.69) is 79.5 Å². The Bertz CT molecular complexity index is 985. The lowest BCUT2D eigenvalue weighted by molar-refractivity contribution is -0.161. The molecule has 35 heavy (non-hydrogen) atoms. The van der Waals surface area contributed by atoms with Gasteiger partial charge in [-0.25, -0.2) is 0 Å². The molecule has 2 amide bonds. The van der Waals surface area contributed by atoms with Crippen LogP contribution in [0.2, 0.25) is 0 Å². The minimum Gasteiger partial charge on any atom is -0.342 e. The molecule has 1 N–H and O–H groups in total. The second kappa shape index (κ2) is 11.6. The van der Waals surface area contributed by atoms with Crippen LogP contribution in [0.3, 0.4) is 0 Å². The SMILES string of the molecule is CCCCN1C(=O)C(CC(C)C)NC(=O)C12CCN(Cc1ccc(Sc3ccccc3)cc1)CC2. The van der Waals surface area contributed by atoms with E-state index < -0.39 is 5.54 Å². The van der Waals surface area contributed by atoms with Gasteiger partial charge in [0.15, 0.2) is 0 Å². The van der Waals surface area contributed by atoms with E-state index in [-0.39, 0.29) is 17.9 Å². The van der Waals surface area contributed by atoms with Crippen molar-refractivity contribution in [1.82, 2.24) is 15.1 Å². The number of hydrogen-bond donors (Lipinski definition) is 1. The second-order valence-electron chi connectivity index (χ2n) is 10.4. The summed E-state index contributed by atoms with van der Waals surface area (Å²) in [6.07, 6.45) is 4.05. The molecule has 2 fully saturated rings. The van der Waals surface area contributed by atoms with E-state index in [1.165, 1.54) is 15.4 Å². The van der Waals surface area contributed by atoms with Crippen molar-refractivity contribution in [2.75, 3.05) is 19.6 Å². The van der Waals surface area contributed by atoms with Crippen molar-refractivity contribution in [2.45, 2.75) is 80.8 Å². The zero-order chi connectivity index (χ0) is 24.8. The van der Waals surface area contributed by atoms with Crippen molar-refractivity contribution >= 4 is 23.6 Å². The maximum Gasteiger partial charge on any atom is 0.246 e. The summed E-state index contributed by atoms with van der Waals surface area (Å²) in [6, 6.07) is 18.8. The lowest BCUT2D eigenvalue weighted by Gasteiger charge is -2.52. The molecule has 2 aliphatic heterocycles. The lowest BCUT2D eigenvalue weighted by atomic mass is 9.80. The van der Waals surface area contributed by atoms with Crippen LogP contribution in [0.1, 0.15) is 58.4 Å². The fourth-order valence-electron chi connectivity index (χ4n) is 5.27. The first-order valence-corrected chi connectivity index (χ1v) is 13.9. The van der Waals surface area contributed by atoms with E-state index in [9.17, 15) is 9.59 Å². The monoisotopic (exact) mass is 493 g/mol. The first-order valence-electron chi connectivity index (χ1n) is 13.1. The van der Waals surface area contributed by atoms with Gasteiger partial charge in [-0.2, -0.15) is 0 Å². The summed E-state index contributed by atoms with van der Waals surface area (Å²) < 4.78 is 0. The highest BCUT2D eigenvalue weighted by Gasteiger charge is 2.53. The van der Waals surface area contributed by atoms with E-state index >= 15 is 0 Å². The lowest BCUT2D eigenvalue weighted by Crippen LogP contribution is -2.73. The van der Waals surface area contributed by atoms with Crippen molar-refractivity contribution in [3.05, 3.63) is 60.2 Å². The van der Waals surface area contributed by atoms with Gasteiger partial charge in [-0.1, -0.05) is 69.3 Å². The number of amides is 2. The topological polar surface area (TPSA) is 52.7 Å².